The van der Waals surface area contributed by atoms with Crippen molar-refractivity contribution < 1.29 is 9.31 Å². The van der Waals surface area contributed by atoms with Crippen molar-refractivity contribution in [1.82, 2.24) is 4.98 Å². The van der Waals surface area contributed by atoms with Crippen molar-refractivity contribution in [3.05, 3.63) is 48.3 Å². The lowest BCUT2D eigenvalue weighted by molar-refractivity contribution is 0.00578. The molecule has 0 saturated carbocycles. The maximum atomic E-state index is 6.08. The summed E-state index contributed by atoms with van der Waals surface area (Å²) < 4.78 is 12.2. The molecule has 1 aliphatic rings. The molecule has 2 aromatic rings. The monoisotopic (exact) mass is 295 g/mol. The number of hydrogen-bond donors (Lipinski definition) is 0. The van der Waals surface area contributed by atoms with Crippen LogP contribution in [-0.4, -0.2) is 23.3 Å². The SMILES string of the molecule is Cc1cc(-c2ccc(B3OC(C)(C)C(C)(C)O3)cc2)ccn1. The molecule has 3 nitrogen and oxygen atoms in total. The van der Waals surface area contributed by atoms with Gasteiger partial charge in [-0.05, 0) is 63.3 Å². The van der Waals surface area contributed by atoms with E-state index < -0.39 is 0 Å². The van der Waals surface area contributed by atoms with Gasteiger partial charge < -0.3 is 9.31 Å². The molecule has 3 rings (SSSR count). The molecule has 1 aromatic heterocycles. The summed E-state index contributed by atoms with van der Waals surface area (Å²) in [5.41, 5.74) is 3.80. The molecule has 0 atom stereocenters. The Hall–Kier alpha value is -1.65. The first-order chi connectivity index (χ1) is 10.3. The summed E-state index contributed by atoms with van der Waals surface area (Å²) in [6.45, 7) is 10.3. The lowest BCUT2D eigenvalue weighted by atomic mass is 9.78. The minimum absolute atomic E-state index is 0.307. The molecule has 0 radical (unpaired) electrons. The van der Waals surface area contributed by atoms with Gasteiger partial charge in [0, 0.05) is 11.9 Å². The molecule has 0 bridgehead atoms. The molecule has 114 valence electrons. The fourth-order valence-electron chi connectivity index (χ4n) is 2.54. The molecule has 2 heterocycles. The molecule has 1 saturated heterocycles. The second kappa shape index (κ2) is 5.22. The van der Waals surface area contributed by atoms with Crippen molar-refractivity contribution in [2.24, 2.45) is 0 Å². The zero-order valence-electron chi connectivity index (χ0n) is 13.9. The maximum Gasteiger partial charge on any atom is 0.494 e. The van der Waals surface area contributed by atoms with Gasteiger partial charge in [0.15, 0.2) is 0 Å². The number of aryl methyl sites for hydroxylation is 1. The van der Waals surface area contributed by atoms with Crippen molar-refractivity contribution in [2.45, 2.75) is 45.8 Å². The van der Waals surface area contributed by atoms with Gasteiger partial charge in [-0.1, -0.05) is 24.3 Å². The van der Waals surface area contributed by atoms with Gasteiger partial charge in [0.1, 0.15) is 0 Å². The second-order valence-corrected chi connectivity index (χ2v) is 6.90. The van der Waals surface area contributed by atoms with Crippen molar-refractivity contribution in [1.29, 1.82) is 0 Å². The molecule has 4 heteroatoms. The molecule has 0 N–H and O–H groups in total. The average Bonchev–Trinajstić information content (AvgIpc) is 2.68. The normalized spacial score (nSPS) is 19.4. The number of pyridine rings is 1. The smallest absolute Gasteiger partial charge is 0.399 e. The van der Waals surface area contributed by atoms with E-state index in [1.807, 2.05) is 19.2 Å². The third kappa shape index (κ3) is 2.69. The number of benzene rings is 1. The van der Waals surface area contributed by atoms with Crippen LogP contribution in [0.3, 0.4) is 0 Å². The Kier molecular flexibility index (Phi) is 3.62. The molecular formula is C18H22BNO2. The summed E-state index contributed by atoms with van der Waals surface area (Å²) in [7, 11) is -0.307. The molecular weight excluding hydrogens is 273 g/mol. The number of nitrogens with zero attached hydrogens (tertiary/aromatic N) is 1. The summed E-state index contributed by atoms with van der Waals surface area (Å²) in [6.07, 6.45) is 1.84. The number of rotatable bonds is 2. The minimum atomic E-state index is -0.307. The predicted octanol–water partition coefficient (Wildman–Crippen LogP) is 3.36. The molecule has 1 fully saturated rings. The second-order valence-electron chi connectivity index (χ2n) is 6.90. The Morgan fingerprint density at radius 1 is 0.864 bits per heavy atom. The zero-order chi connectivity index (χ0) is 16.0. The van der Waals surface area contributed by atoms with Crippen LogP contribution in [0.5, 0.6) is 0 Å². The highest BCUT2D eigenvalue weighted by Gasteiger charge is 2.51. The summed E-state index contributed by atoms with van der Waals surface area (Å²) in [5.74, 6) is 0. The van der Waals surface area contributed by atoms with E-state index in [4.69, 9.17) is 9.31 Å². The van der Waals surface area contributed by atoms with Gasteiger partial charge in [0.05, 0.1) is 11.2 Å². The Morgan fingerprint density at radius 3 is 2.00 bits per heavy atom. The van der Waals surface area contributed by atoms with E-state index in [1.165, 1.54) is 11.1 Å². The van der Waals surface area contributed by atoms with E-state index in [0.717, 1.165) is 11.2 Å². The molecule has 1 aromatic carbocycles. The molecule has 0 aliphatic carbocycles. The number of hydrogen-bond acceptors (Lipinski definition) is 3. The Bertz CT molecular complexity index is 664. The molecule has 0 spiro atoms. The molecule has 0 unspecified atom stereocenters. The zero-order valence-corrected chi connectivity index (χ0v) is 13.9. The van der Waals surface area contributed by atoms with Gasteiger partial charge >= 0.3 is 7.12 Å². The first kappa shape index (κ1) is 15.3. The van der Waals surface area contributed by atoms with Crippen molar-refractivity contribution in [3.8, 4) is 11.1 Å². The van der Waals surface area contributed by atoms with Gasteiger partial charge in [0.2, 0.25) is 0 Å². The van der Waals surface area contributed by atoms with Crippen LogP contribution in [0.4, 0.5) is 0 Å². The topological polar surface area (TPSA) is 31.4 Å². The Morgan fingerprint density at radius 2 is 1.45 bits per heavy atom. The minimum Gasteiger partial charge on any atom is -0.399 e. The summed E-state index contributed by atoms with van der Waals surface area (Å²) in [5, 5.41) is 0. The maximum absolute atomic E-state index is 6.08. The van der Waals surface area contributed by atoms with Crippen LogP contribution in [0.25, 0.3) is 11.1 Å². The van der Waals surface area contributed by atoms with Gasteiger partial charge in [-0.25, -0.2) is 0 Å². The lowest BCUT2D eigenvalue weighted by Gasteiger charge is -2.32. The van der Waals surface area contributed by atoms with Gasteiger partial charge in [-0.15, -0.1) is 0 Å². The van der Waals surface area contributed by atoms with Crippen LogP contribution < -0.4 is 5.46 Å². The Balaban J connectivity index is 1.84. The quantitative estimate of drug-likeness (QED) is 0.796. The van der Waals surface area contributed by atoms with Crippen molar-refractivity contribution in [3.63, 3.8) is 0 Å². The van der Waals surface area contributed by atoms with E-state index in [-0.39, 0.29) is 18.3 Å². The molecule has 1 aliphatic heterocycles. The summed E-state index contributed by atoms with van der Waals surface area (Å²) >= 11 is 0. The van der Waals surface area contributed by atoms with Gasteiger partial charge in [-0.2, -0.15) is 0 Å². The van der Waals surface area contributed by atoms with E-state index in [9.17, 15) is 0 Å². The average molecular weight is 295 g/mol. The first-order valence-corrected chi connectivity index (χ1v) is 7.67. The molecule has 22 heavy (non-hydrogen) atoms. The highest BCUT2D eigenvalue weighted by Crippen LogP contribution is 2.36. The van der Waals surface area contributed by atoms with Crippen LogP contribution in [-0.2, 0) is 9.31 Å². The predicted molar refractivity (Wildman–Crippen MR) is 90.1 cm³/mol. The van der Waals surface area contributed by atoms with E-state index in [1.54, 1.807) is 0 Å². The summed E-state index contributed by atoms with van der Waals surface area (Å²) in [4.78, 5) is 4.24. The highest BCUT2D eigenvalue weighted by atomic mass is 16.7. The van der Waals surface area contributed by atoms with E-state index in [0.29, 0.717) is 0 Å². The lowest BCUT2D eigenvalue weighted by Crippen LogP contribution is -2.41. The van der Waals surface area contributed by atoms with Crippen LogP contribution in [0.15, 0.2) is 42.6 Å². The van der Waals surface area contributed by atoms with Crippen LogP contribution in [0, 0.1) is 6.92 Å². The highest BCUT2D eigenvalue weighted by molar-refractivity contribution is 6.62. The van der Waals surface area contributed by atoms with Crippen LogP contribution in [0.2, 0.25) is 0 Å². The third-order valence-corrected chi connectivity index (χ3v) is 4.67. The van der Waals surface area contributed by atoms with Crippen molar-refractivity contribution in [2.75, 3.05) is 0 Å². The third-order valence-electron chi connectivity index (χ3n) is 4.67. The van der Waals surface area contributed by atoms with Crippen molar-refractivity contribution >= 4 is 12.6 Å². The first-order valence-electron chi connectivity index (χ1n) is 7.67. The standard InChI is InChI=1S/C18H22BNO2/c1-13-12-15(10-11-20-13)14-6-8-16(9-7-14)19-21-17(2,3)18(4,5)22-19/h6-12H,1-5H3. The van der Waals surface area contributed by atoms with Crippen LogP contribution >= 0.6 is 0 Å². The molecule has 0 amide bonds. The number of aromatic nitrogens is 1. The van der Waals surface area contributed by atoms with Gasteiger partial charge in [-0.3, -0.25) is 4.98 Å². The van der Waals surface area contributed by atoms with E-state index in [2.05, 4.69) is 63.0 Å². The summed E-state index contributed by atoms with van der Waals surface area (Å²) in [6, 6.07) is 12.5. The fourth-order valence-corrected chi connectivity index (χ4v) is 2.54. The van der Waals surface area contributed by atoms with E-state index >= 15 is 0 Å². The Labute approximate surface area is 132 Å². The largest absolute Gasteiger partial charge is 0.494 e. The fraction of sp³-hybridized carbons (Fsp3) is 0.389. The van der Waals surface area contributed by atoms with Crippen LogP contribution in [0.1, 0.15) is 33.4 Å². The van der Waals surface area contributed by atoms with Gasteiger partial charge in [0.25, 0.3) is 0 Å².